The Morgan fingerprint density at radius 1 is 1.27 bits per heavy atom. The van der Waals surface area contributed by atoms with Crippen LogP contribution in [0.15, 0.2) is 30.6 Å². The number of aryl methyl sites for hydroxylation is 1. The summed E-state index contributed by atoms with van der Waals surface area (Å²) in [5.74, 6) is -0.798. The molecule has 2 heterocycles. The maximum absolute atomic E-state index is 11.0. The molecule has 1 aliphatic heterocycles. The van der Waals surface area contributed by atoms with Crippen LogP contribution in [0.3, 0.4) is 0 Å². The normalized spacial score (nSPS) is 15.5. The predicted molar refractivity (Wildman–Crippen MR) is 114 cm³/mol. The van der Waals surface area contributed by atoms with Gasteiger partial charge >= 0.3 is 12.0 Å². The van der Waals surface area contributed by atoms with Gasteiger partial charge in [-0.25, -0.2) is 9.97 Å². The summed E-state index contributed by atoms with van der Waals surface area (Å²) in [5, 5.41) is 12.5. The molecule has 1 aromatic carbocycles. The van der Waals surface area contributed by atoms with Gasteiger partial charge < -0.3 is 19.9 Å². The number of aliphatic carboxylic acids is 1. The fourth-order valence-electron chi connectivity index (χ4n) is 3.71. The summed E-state index contributed by atoms with van der Waals surface area (Å²) in [5.41, 5.74) is 3.86. The number of hydrogen-bond donors (Lipinski definition) is 2. The summed E-state index contributed by atoms with van der Waals surface area (Å²) in [7, 11) is 0. The summed E-state index contributed by atoms with van der Waals surface area (Å²) < 4.78 is 10.8. The molecule has 1 saturated heterocycles. The molecular formula is C22H30N4O4. The van der Waals surface area contributed by atoms with Crippen molar-refractivity contribution in [2.45, 2.75) is 39.2 Å². The minimum atomic E-state index is -0.798. The SMILES string of the molecule is CCOc1ncc(Nc2cc(CCC(=O)O)ccc2[C@@H](CC)N2CCOCC2)cn1. The second kappa shape index (κ2) is 10.9. The predicted octanol–water partition coefficient (Wildman–Crippen LogP) is 3.42. The topological polar surface area (TPSA) is 96.8 Å². The number of anilines is 2. The van der Waals surface area contributed by atoms with Gasteiger partial charge in [-0.05, 0) is 37.0 Å². The Hall–Kier alpha value is -2.71. The van der Waals surface area contributed by atoms with E-state index in [9.17, 15) is 4.79 Å². The molecule has 0 amide bonds. The molecule has 2 N–H and O–H groups in total. The molecule has 1 fully saturated rings. The number of carboxylic acid groups (broad SMARTS) is 1. The van der Waals surface area contributed by atoms with E-state index in [-0.39, 0.29) is 12.5 Å². The zero-order valence-electron chi connectivity index (χ0n) is 17.6. The number of ether oxygens (including phenoxy) is 2. The van der Waals surface area contributed by atoms with E-state index in [4.69, 9.17) is 14.6 Å². The lowest BCUT2D eigenvalue weighted by Gasteiger charge is -2.35. The maximum Gasteiger partial charge on any atom is 0.316 e. The van der Waals surface area contributed by atoms with Crippen LogP contribution in [0.1, 0.15) is 43.9 Å². The number of hydrogen-bond acceptors (Lipinski definition) is 7. The third-order valence-corrected chi connectivity index (χ3v) is 5.16. The lowest BCUT2D eigenvalue weighted by molar-refractivity contribution is -0.136. The van der Waals surface area contributed by atoms with Crippen LogP contribution in [0.4, 0.5) is 11.4 Å². The Balaban J connectivity index is 1.88. The number of morpholine rings is 1. The molecule has 0 aliphatic carbocycles. The number of carboxylic acids is 1. The largest absolute Gasteiger partial charge is 0.481 e. The van der Waals surface area contributed by atoms with Crippen LogP contribution < -0.4 is 10.1 Å². The Labute approximate surface area is 177 Å². The Kier molecular flexibility index (Phi) is 7.98. The number of nitrogens with zero attached hydrogens (tertiary/aromatic N) is 3. The van der Waals surface area contributed by atoms with Crippen molar-refractivity contribution in [2.75, 3.05) is 38.2 Å². The second-order valence-corrected chi connectivity index (χ2v) is 7.20. The van der Waals surface area contributed by atoms with Gasteiger partial charge in [-0.1, -0.05) is 19.1 Å². The molecule has 1 atom stereocenters. The van der Waals surface area contributed by atoms with Gasteiger partial charge in [0.25, 0.3) is 0 Å². The Morgan fingerprint density at radius 3 is 2.63 bits per heavy atom. The highest BCUT2D eigenvalue weighted by Crippen LogP contribution is 2.33. The van der Waals surface area contributed by atoms with Crippen molar-refractivity contribution in [1.29, 1.82) is 0 Å². The van der Waals surface area contributed by atoms with E-state index >= 15 is 0 Å². The summed E-state index contributed by atoms with van der Waals surface area (Å²) in [6, 6.07) is 6.77. The lowest BCUT2D eigenvalue weighted by Crippen LogP contribution is -2.39. The van der Waals surface area contributed by atoms with Crippen LogP contribution in [0.25, 0.3) is 0 Å². The molecule has 0 unspecified atom stereocenters. The van der Waals surface area contributed by atoms with Crippen LogP contribution in [0.5, 0.6) is 6.01 Å². The first kappa shape index (κ1) is 22.0. The molecule has 1 aromatic heterocycles. The molecule has 0 radical (unpaired) electrons. The standard InChI is InChI=1S/C22H30N4O4/c1-3-20(26-9-11-29-12-10-26)18-7-5-16(6-8-21(27)28)13-19(18)25-17-14-23-22(24-15-17)30-4-2/h5,7,13-15,20,25H,3-4,6,8-12H2,1-2H3,(H,27,28)/t20-/m1/s1. The first-order valence-corrected chi connectivity index (χ1v) is 10.5. The number of rotatable bonds is 10. The van der Waals surface area contributed by atoms with Gasteiger partial charge in [-0.15, -0.1) is 0 Å². The van der Waals surface area contributed by atoms with Gasteiger partial charge in [0.2, 0.25) is 0 Å². The molecule has 0 bridgehead atoms. The summed E-state index contributed by atoms with van der Waals surface area (Å²) in [4.78, 5) is 21.9. The fraction of sp³-hybridized carbons (Fsp3) is 0.500. The Bertz CT molecular complexity index is 822. The highest BCUT2D eigenvalue weighted by Gasteiger charge is 2.23. The van der Waals surface area contributed by atoms with Crippen LogP contribution in [0.2, 0.25) is 0 Å². The molecule has 162 valence electrons. The van der Waals surface area contributed by atoms with Gasteiger partial charge in [0, 0.05) is 31.2 Å². The van der Waals surface area contributed by atoms with E-state index in [0.29, 0.717) is 19.0 Å². The van der Waals surface area contributed by atoms with E-state index in [0.717, 1.165) is 49.7 Å². The molecule has 8 heteroatoms. The molecule has 1 aliphatic rings. The minimum absolute atomic E-state index is 0.103. The van der Waals surface area contributed by atoms with Crippen molar-refractivity contribution in [1.82, 2.24) is 14.9 Å². The molecule has 3 rings (SSSR count). The van der Waals surface area contributed by atoms with E-state index in [1.807, 2.05) is 19.1 Å². The fourth-order valence-corrected chi connectivity index (χ4v) is 3.71. The first-order chi connectivity index (χ1) is 14.6. The van der Waals surface area contributed by atoms with Crippen molar-refractivity contribution in [3.8, 4) is 6.01 Å². The number of carbonyl (C=O) groups is 1. The third-order valence-electron chi connectivity index (χ3n) is 5.16. The number of nitrogens with one attached hydrogen (secondary N) is 1. The van der Waals surface area contributed by atoms with Crippen LogP contribution in [-0.2, 0) is 16.0 Å². The Morgan fingerprint density at radius 2 is 2.00 bits per heavy atom. The van der Waals surface area contributed by atoms with Crippen molar-refractivity contribution in [2.24, 2.45) is 0 Å². The monoisotopic (exact) mass is 414 g/mol. The summed E-state index contributed by atoms with van der Waals surface area (Å²) >= 11 is 0. The quantitative estimate of drug-likeness (QED) is 0.610. The van der Waals surface area contributed by atoms with Gasteiger partial charge in [0.1, 0.15) is 0 Å². The van der Waals surface area contributed by atoms with Crippen LogP contribution >= 0.6 is 0 Å². The third kappa shape index (κ3) is 5.90. The van der Waals surface area contributed by atoms with Gasteiger partial charge in [0.05, 0.1) is 37.9 Å². The number of benzene rings is 1. The van der Waals surface area contributed by atoms with E-state index < -0.39 is 5.97 Å². The average molecular weight is 415 g/mol. The molecule has 2 aromatic rings. The van der Waals surface area contributed by atoms with Crippen LogP contribution in [-0.4, -0.2) is 58.9 Å². The molecule has 0 spiro atoms. The summed E-state index contributed by atoms with van der Waals surface area (Å²) in [6.45, 7) is 7.85. The van der Waals surface area contributed by atoms with Crippen molar-refractivity contribution in [3.63, 3.8) is 0 Å². The molecule has 0 saturated carbocycles. The first-order valence-electron chi connectivity index (χ1n) is 10.5. The van der Waals surface area contributed by atoms with Crippen molar-refractivity contribution >= 4 is 17.3 Å². The maximum atomic E-state index is 11.0. The average Bonchev–Trinajstić information content (AvgIpc) is 2.76. The molecule has 8 nitrogen and oxygen atoms in total. The van der Waals surface area contributed by atoms with Crippen LogP contribution in [0, 0.1) is 0 Å². The summed E-state index contributed by atoms with van der Waals surface area (Å²) in [6.07, 6.45) is 4.94. The van der Waals surface area contributed by atoms with E-state index in [2.05, 4.69) is 33.2 Å². The zero-order valence-corrected chi connectivity index (χ0v) is 17.6. The number of aromatic nitrogens is 2. The molecule has 30 heavy (non-hydrogen) atoms. The lowest BCUT2D eigenvalue weighted by atomic mass is 9.97. The van der Waals surface area contributed by atoms with Gasteiger partial charge in [0.15, 0.2) is 0 Å². The van der Waals surface area contributed by atoms with E-state index in [1.165, 1.54) is 5.56 Å². The van der Waals surface area contributed by atoms with E-state index in [1.54, 1.807) is 12.4 Å². The minimum Gasteiger partial charge on any atom is -0.481 e. The highest BCUT2D eigenvalue weighted by molar-refractivity contribution is 5.68. The molecular weight excluding hydrogens is 384 g/mol. The second-order valence-electron chi connectivity index (χ2n) is 7.20. The van der Waals surface area contributed by atoms with Crippen molar-refractivity contribution in [3.05, 3.63) is 41.7 Å². The zero-order chi connectivity index (χ0) is 21.3. The van der Waals surface area contributed by atoms with Gasteiger partial charge in [-0.3, -0.25) is 9.69 Å². The smallest absolute Gasteiger partial charge is 0.316 e. The van der Waals surface area contributed by atoms with Gasteiger partial charge in [-0.2, -0.15) is 0 Å². The highest BCUT2D eigenvalue weighted by atomic mass is 16.5. The van der Waals surface area contributed by atoms with Crippen molar-refractivity contribution < 1.29 is 19.4 Å².